The van der Waals surface area contributed by atoms with E-state index in [1.54, 1.807) is 0 Å². The van der Waals surface area contributed by atoms with Gasteiger partial charge in [-0.3, -0.25) is 0 Å². The molecular formula is C16H24F3NO. The smallest absolute Gasteiger partial charge is 0.389 e. The highest BCUT2D eigenvalue weighted by molar-refractivity contribution is 5.28. The zero-order valence-electron chi connectivity index (χ0n) is 12.7. The van der Waals surface area contributed by atoms with Crippen LogP contribution in [-0.2, 0) is 0 Å². The molecule has 1 N–H and O–H groups in total. The van der Waals surface area contributed by atoms with E-state index in [1.165, 1.54) is 0 Å². The molecule has 1 aromatic rings. The average molecular weight is 303 g/mol. The summed E-state index contributed by atoms with van der Waals surface area (Å²) in [7, 11) is 0. The van der Waals surface area contributed by atoms with Crippen LogP contribution in [0.4, 0.5) is 13.2 Å². The molecule has 1 unspecified atom stereocenters. The van der Waals surface area contributed by atoms with Gasteiger partial charge in [0.1, 0.15) is 5.75 Å². The molecule has 0 aromatic heterocycles. The Balaban J connectivity index is 2.27. The molecule has 0 bridgehead atoms. The third-order valence-electron chi connectivity index (χ3n) is 3.19. The van der Waals surface area contributed by atoms with Gasteiger partial charge in [-0.05, 0) is 50.4 Å². The van der Waals surface area contributed by atoms with Crippen LogP contribution in [0.5, 0.6) is 5.75 Å². The first-order chi connectivity index (χ1) is 9.92. The number of benzene rings is 1. The standard InChI is InChI=1S/C16H24F3NO/c1-3-12-21-15-8-6-14(7-9-15)13(2)20-11-5-4-10-16(17,18)19/h6-9,13,20H,3-5,10-12H2,1-2H3. The highest BCUT2D eigenvalue weighted by Crippen LogP contribution is 2.22. The van der Waals surface area contributed by atoms with Crippen LogP contribution in [0.25, 0.3) is 0 Å². The first-order valence-corrected chi connectivity index (χ1v) is 7.45. The van der Waals surface area contributed by atoms with Crippen molar-refractivity contribution in [3.05, 3.63) is 29.8 Å². The van der Waals surface area contributed by atoms with E-state index in [4.69, 9.17) is 4.74 Å². The van der Waals surface area contributed by atoms with Gasteiger partial charge in [-0.15, -0.1) is 0 Å². The predicted molar refractivity (Wildman–Crippen MR) is 78.6 cm³/mol. The van der Waals surface area contributed by atoms with Crippen LogP contribution in [0.2, 0.25) is 0 Å². The minimum Gasteiger partial charge on any atom is -0.494 e. The molecule has 120 valence electrons. The molecule has 0 fully saturated rings. The molecule has 0 aliphatic heterocycles. The van der Waals surface area contributed by atoms with Gasteiger partial charge in [-0.1, -0.05) is 19.1 Å². The number of hydrogen-bond acceptors (Lipinski definition) is 2. The molecule has 1 rings (SSSR count). The Bertz CT molecular complexity index is 390. The van der Waals surface area contributed by atoms with E-state index >= 15 is 0 Å². The van der Waals surface area contributed by atoms with E-state index in [0.717, 1.165) is 17.7 Å². The molecule has 0 amide bonds. The summed E-state index contributed by atoms with van der Waals surface area (Å²) in [6.45, 7) is 5.35. The summed E-state index contributed by atoms with van der Waals surface area (Å²) in [5.41, 5.74) is 1.11. The second kappa shape index (κ2) is 8.93. The Labute approximate surface area is 124 Å². The highest BCUT2D eigenvalue weighted by atomic mass is 19.4. The molecule has 21 heavy (non-hydrogen) atoms. The fourth-order valence-electron chi connectivity index (χ4n) is 1.96. The van der Waals surface area contributed by atoms with Crippen LogP contribution in [0.15, 0.2) is 24.3 Å². The molecule has 0 saturated carbocycles. The summed E-state index contributed by atoms with van der Waals surface area (Å²) in [6.07, 6.45) is -3.07. The van der Waals surface area contributed by atoms with Gasteiger partial charge in [0, 0.05) is 12.5 Å². The van der Waals surface area contributed by atoms with Crippen molar-refractivity contribution >= 4 is 0 Å². The summed E-state index contributed by atoms with van der Waals surface area (Å²) in [6, 6.07) is 7.94. The minimum atomic E-state index is -4.04. The number of rotatable bonds is 9. The van der Waals surface area contributed by atoms with Crippen molar-refractivity contribution < 1.29 is 17.9 Å². The number of ether oxygens (including phenoxy) is 1. The van der Waals surface area contributed by atoms with Gasteiger partial charge in [0.25, 0.3) is 0 Å². The fourth-order valence-corrected chi connectivity index (χ4v) is 1.96. The summed E-state index contributed by atoms with van der Waals surface area (Å²) < 4.78 is 41.5. The highest BCUT2D eigenvalue weighted by Gasteiger charge is 2.25. The maximum atomic E-state index is 12.0. The minimum absolute atomic E-state index is 0.121. The SMILES string of the molecule is CCCOc1ccc(C(C)NCCCCC(F)(F)F)cc1. The van der Waals surface area contributed by atoms with Crippen LogP contribution in [0.3, 0.4) is 0 Å². The topological polar surface area (TPSA) is 21.3 Å². The van der Waals surface area contributed by atoms with Crippen molar-refractivity contribution in [1.82, 2.24) is 5.32 Å². The van der Waals surface area contributed by atoms with Crippen LogP contribution in [-0.4, -0.2) is 19.3 Å². The Morgan fingerprint density at radius 3 is 2.38 bits per heavy atom. The average Bonchev–Trinajstić information content (AvgIpc) is 2.44. The second-order valence-electron chi connectivity index (χ2n) is 5.17. The second-order valence-corrected chi connectivity index (χ2v) is 5.17. The summed E-state index contributed by atoms with van der Waals surface area (Å²) in [5, 5.41) is 3.24. The van der Waals surface area contributed by atoms with E-state index in [0.29, 0.717) is 19.6 Å². The molecule has 0 aliphatic rings. The van der Waals surface area contributed by atoms with E-state index in [9.17, 15) is 13.2 Å². The molecule has 0 heterocycles. The summed E-state index contributed by atoms with van der Waals surface area (Å²) in [5.74, 6) is 0.845. The number of alkyl halides is 3. The first-order valence-electron chi connectivity index (χ1n) is 7.45. The molecule has 1 aromatic carbocycles. The van der Waals surface area contributed by atoms with Crippen molar-refractivity contribution in [2.45, 2.75) is 51.7 Å². The van der Waals surface area contributed by atoms with Crippen molar-refractivity contribution in [2.24, 2.45) is 0 Å². The van der Waals surface area contributed by atoms with E-state index < -0.39 is 12.6 Å². The van der Waals surface area contributed by atoms with E-state index in [2.05, 4.69) is 12.2 Å². The Morgan fingerprint density at radius 1 is 1.14 bits per heavy atom. The largest absolute Gasteiger partial charge is 0.494 e. The number of nitrogens with one attached hydrogen (secondary N) is 1. The Morgan fingerprint density at radius 2 is 1.81 bits per heavy atom. The molecule has 2 nitrogen and oxygen atoms in total. The molecule has 0 spiro atoms. The van der Waals surface area contributed by atoms with E-state index in [1.807, 2.05) is 31.2 Å². The van der Waals surface area contributed by atoms with Crippen LogP contribution >= 0.6 is 0 Å². The summed E-state index contributed by atoms with van der Waals surface area (Å²) in [4.78, 5) is 0. The van der Waals surface area contributed by atoms with Gasteiger partial charge in [-0.2, -0.15) is 13.2 Å². The van der Waals surface area contributed by atoms with Gasteiger partial charge >= 0.3 is 6.18 Å². The molecule has 5 heteroatoms. The lowest BCUT2D eigenvalue weighted by atomic mass is 10.1. The normalized spacial score (nSPS) is 13.2. The van der Waals surface area contributed by atoms with Gasteiger partial charge in [0.05, 0.1) is 6.61 Å². The first kappa shape index (κ1) is 17.8. The Kier molecular flexibility index (Phi) is 7.57. The molecule has 0 saturated heterocycles. The zero-order valence-corrected chi connectivity index (χ0v) is 12.7. The lowest BCUT2D eigenvalue weighted by Crippen LogP contribution is -2.20. The molecule has 0 aliphatic carbocycles. The Hall–Kier alpha value is -1.23. The third kappa shape index (κ3) is 7.95. The van der Waals surface area contributed by atoms with Crippen molar-refractivity contribution in [1.29, 1.82) is 0 Å². The van der Waals surface area contributed by atoms with Gasteiger partial charge < -0.3 is 10.1 Å². The third-order valence-corrected chi connectivity index (χ3v) is 3.19. The lowest BCUT2D eigenvalue weighted by molar-refractivity contribution is -0.135. The van der Waals surface area contributed by atoms with Gasteiger partial charge in [-0.25, -0.2) is 0 Å². The maximum Gasteiger partial charge on any atom is 0.389 e. The van der Waals surface area contributed by atoms with E-state index in [-0.39, 0.29) is 12.5 Å². The molecule has 0 radical (unpaired) electrons. The predicted octanol–water partition coefficient (Wildman–Crippen LogP) is 4.86. The van der Waals surface area contributed by atoms with Gasteiger partial charge in [0.2, 0.25) is 0 Å². The molecular weight excluding hydrogens is 279 g/mol. The zero-order chi connectivity index (χ0) is 15.7. The van der Waals surface area contributed by atoms with Crippen LogP contribution in [0, 0.1) is 0 Å². The van der Waals surface area contributed by atoms with Gasteiger partial charge in [0.15, 0.2) is 0 Å². The van der Waals surface area contributed by atoms with Crippen molar-refractivity contribution in [2.75, 3.05) is 13.2 Å². The quantitative estimate of drug-likeness (QED) is 0.658. The monoisotopic (exact) mass is 303 g/mol. The summed E-state index contributed by atoms with van der Waals surface area (Å²) >= 11 is 0. The van der Waals surface area contributed by atoms with Crippen molar-refractivity contribution in [3.8, 4) is 5.75 Å². The number of halogens is 3. The van der Waals surface area contributed by atoms with Crippen LogP contribution in [0.1, 0.15) is 51.1 Å². The molecule has 1 atom stereocenters. The number of unbranched alkanes of at least 4 members (excludes halogenated alkanes) is 1. The van der Waals surface area contributed by atoms with Crippen LogP contribution < -0.4 is 10.1 Å². The van der Waals surface area contributed by atoms with Crippen molar-refractivity contribution in [3.63, 3.8) is 0 Å². The fraction of sp³-hybridized carbons (Fsp3) is 0.625. The lowest BCUT2D eigenvalue weighted by Gasteiger charge is -2.15. The maximum absolute atomic E-state index is 12.0. The number of hydrogen-bond donors (Lipinski definition) is 1.